The van der Waals surface area contributed by atoms with Gasteiger partial charge in [0.15, 0.2) is 0 Å². The molecule has 2 aliphatic rings. The van der Waals surface area contributed by atoms with E-state index in [1.165, 1.54) is 17.1 Å². The van der Waals surface area contributed by atoms with Gasteiger partial charge >= 0.3 is 0 Å². The van der Waals surface area contributed by atoms with Crippen molar-refractivity contribution in [2.45, 2.75) is 26.2 Å². The second-order valence-electron chi connectivity index (χ2n) is 4.07. The van der Waals surface area contributed by atoms with Gasteiger partial charge in [-0.1, -0.05) is 6.92 Å². The lowest BCUT2D eigenvalue weighted by Gasteiger charge is -2.18. The molecule has 0 radical (unpaired) electrons. The minimum atomic E-state index is 0.539. The van der Waals surface area contributed by atoms with Crippen molar-refractivity contribution in [1.82, 2.24) is 20.6 Å². The van der Waals surface area contributed by atoms with Crippen molar-refractivity contribution in [2.24, 2.45) is 0 Å². The third-order valence-electron chi connectivity index (χ3n) is 2.96. The third kappa shape index (κ3) is 0.908. The number of aromatic nitrogens is 2. The van der Waals surface area contributed by atoms with Crippen LogP contribution >= 0.6 is 0 Å². The summed E-state index contributed by atoms with van der Waals surface area (Å²) in [7, 11) is 0. The maximum Gasteiger partial charge on any atom is 0.110 e. The van der Waals surface area contributed by atoms with Crippen molar-refractivity contribution in [3.63, 3.8) is 0 Å². The first-order valence-electron chi connectivity index (χ1n) is 5.03. The molecule has 4 heteroatoms. The molecule has 0 aromatic carbocycles. The first-order chi connectivity index (χ1) is 6.75. The molecular weight excluding hydrogens is 176 g/mol. The first-order valence-corrected chi connectivity index (χ1v) is 5.03. The zero-order valence-electron chi connectivity index (χ0n) is 8.44. The Morgan fingerprint density at radius 1 is 1.36 bits per heavy atom. The van der Waals surface area contributed by atoms with E-state index in [9.17, 15) is 0 Å². The van der Waals surface area contributed by atoms with Crippen molar-refractivity contribution in [1.29, 1.82) is 0 Å². The zero-order chi connectivity index (χ0) is 9.71. The summed E-state index contributed by atoms with van der Waals surface area (Å²) in [6, 6.07) is 0. The van der Waals surface area contributed by atoms with E-state index in [-0.39, 0.29) is 0 Å². The zero-order valence-corrected chi connectivity index (χ0v) is 8.44. The van der Waals surface area contributed by atoms with Crippen LogP contribution in [-0.2, 0) is 0 Å². The predicted octanol–water partition coefficient (Wildman–Crippen LogP) is 1.04. The number of hydrogen-bond donors (Lipinski definition) is 3. The van der Waals surface area contributed by atoms with Crippen LogP contribution in [0.3, 0.4) is 0 Å². The average molecular weight is 190 g/mol. The number of rotatable bonds is 0. The monoisotopic (exact) mass is 190 g/mol. The summed E-state index contributed by atoms with van der Waals surface area (Å²) >= 11 is 0. The van der Waals surface area contributed by atoms with Crippen molar-refractivity contribution in [3.8, 4) is 0 Å². The number of allylic oxidation sites excluding steroid dienone is 1. The predicted molar refractivity (Wildman–Crippen MR) is 54.4 cm³/mol. The van der Waals surface area contributed by atoms with Crippen LogP contribution in [0, 0.1) is 6.92 Å². The smallest absolute Gasteiger partial charge is 0.110 e. The highest BCUT2D eigenvalue weighted by molar-refractivity contribution is 5.70. The number of H-pyrrole nitrogens is 1. The van der Waals surface area contributed by atoms with E-state index in [1.807, 2.05) is 6.92 Å². The normalized spacial score (nSPS) is 24.0. The summed E-state index contributed by atoms with van der Waals surface area (Å²) in [5.41, 5.74) is 4.90. The molecule has 1 unspecified atom stereocenters. The lowest BCUT2D eigenvalue weighted by atomic mass is 9.93. The Labute approximate surface area is 82.8 Å². The molecule has 1 aliphatic heterocycles. The lowest BCUT2D eigenvalue weighted by molar-refractivity contribution is 0.680. The number of nitrogens with one attached hydrogen (secondary N) is 3. The van der Waals surface area contributed by atoms with Crippen LogP contribution in [-0.4, -0.2) is 16.6 Å². The molecular formula is C10H14N4. The summed E-state index contributed by atoms with van der Waals surface area (Å²) < 4.78 is 0. The summed E-state index contributed by atoms with van der Waals surface area (Å²) in [5.74, 6) is 1.54. The van der Waals surface area contributed by atoms with Crippen molar-refractivity contribution in [2.75, 3.05) is 6.67 Å². The maximum atomic E-state index is 4.53. The number of imidazole rings is 1. The van der Waals surface area contributed by atoms with E-state index >= 15 is 0 Å². The highest BCUT2D eigenvalue weighted by Gasteiger charge is 2.29. The standard InChI is InChI=1S/C10H14N4/c1-5-3-7-9(12-4-11-7)10-8(5)13-6(2)14-10/h5,11-12H,3-4H2,1-2H3,(H,13,14). The van der Waals surface area contributed by atoms with Crippen molar-refractivity contribution >= 4 is 5.70 Å². The number of nitrogens with zero attached hydrogens (tertiary/aromatic N) is 1. The van der Waals surface area contributed by atoms with E-state index in [1.54, 1.807) is 0 Å². The van der Waals surface area contributed by atoms with Gasteiger partial charge in [0.05, 0.1) is 12.4 Å². The minimum Gasteiger partial charge on any atom is -0.370 e. The fraction of sp³-hybridized carbons (Fsp3) is 0.500. The Kier molecular flexibility index (Phi) is 1.43. The van der Waals surface area contributed by atoms with Gasteiger partial charge in [0, 0.05) is 17.3 Å². The SMILES string of the molecule is Cc1nc2c([nH]1)C(C)CC1=C2NCN1. The number of fused-ring (bicyclic) bond motifs is 2. The molecule has 0 amide bonds. The van der Waals surface area contributed by atoms with E-state index in [2.05, 4.69) is 27.5 Å². The van der Waals surface area contributed by atoms with Crippen LogP contribution in [0.25, 0.3) is 5.70 Å². The van der Waals surface area contributed by atoms with Crippen LogP contribution in [0.1, 0.15) is 36.5 Å². The molecule has 14 heavy (non-hydrogen) atoms. The number of hydrogen-bond acceptors (Lipinski definition) is 3. The molecule has 1 aromatic rings. The molecule has 74 valence electrons. The summed E-state index contributed by atoms with van der Waals surface area (Å²) in [4.78, 5) is 7.87. The van der Waals surface area contributed by atoms with E-state index in [0.29, 0.717) is 5.92 Å². The van der Waals surface area contributed by atoms with Gasteiger partial charge < -0.3 is 15.6 Å². The third-order valence-corrected chi connectivity index (χ3v) is 2.96. The van der Waals surface area contributed by atoms with Gasteiger partial charge in [-0.25, -0.2) is 4.98 Å². The second-order valence-corrected chi connectivity index (χ2v) is 4.07. The highest BCUT2D eigenvalue weighted by atomic mass is 15.2. The summed E-state index contributed by atoms with van der Waals surface area (Å²) in [6.07, 6.45) is 1.08. The molecule has 0 saturated heterocycles. The minimum absolute atomic E-state index is 0.539. The molecule has 0 fully saturated rings. The molecule has 3 N–H and O–H groups in total. The second kappa shape index (κ2) is 2.53. The molecule has 1 atom stereocenters. The highest BCUT2D eigenvalue weighted by Crippen LogP contribution is 2.35. The van der Waals surface area contributed by atoms with Crippen LogP contribution in [0.15, 0.2) is 5.70 Å². The van der Waals surface area contributed by atoms with E-state index in [4.69, 9.17) is 0 Å². The molecule has 0 saturated carbocycles. The fourth-order valence-corrected chi connectivity index (χ4v) is 2.30. The Bertz CT molecular complexity index is 416. The molecule has 1 aliphatic carbocycles. The topological polar surface area (TPSA) is 52.7 Å². The van der Waals surface area contributed by atoms with Gasteiger partial charge in [0.2, 0.25) is 0 Å². The van der Waals surface area contributed by atoms with Gasteiger partial charge in [-0.2, -0.15) is 0 Å². The molecule has 4 nitrogen and oxygen atoms in total. The Balaban J connectivity index is 2.19. The molecule has 2 heterocycles. The summed E-state index contributed by atoms with van der Waals surface area (Å²) in [5, 5.41) is 6.69. The lowest BCUT2D eigenvalue weighted by Crippen LogP contribution is -2.14. The Hall–Kier alpha value is -1.45. The van der Waals surface area contributed by atoms with Crippen molar-refractivity contribution < 1.29 is 0 Å². The van der Waals surface area contributed by atoms with E-state index < -0.39 is 0 Å². The van der Waals surface area contributed by atoms with Gasteiger partial charge in [-0.05, 0) is 13.3 Å². The Morgan fingerprint density at radius 3 is 3.07 bits per heavy atom. The Morgan fingerprint density at radius 2 is 2.21 bits per heavy atom. The van der Waals surface area contributed by atoms with Gasteiger partial charge in [-0.15, -0.1) is 0 Å². The maximum absolute atomic E-state index is 4.53. The number of aromatic amines is 1. The van der Waals surface area contributed by atoms with Crippen LogP contribution < -0.4 is 10.6 Å². The summed E-state index contributed by atoms with van der Waals surface area (Å²) in [6.45, 7) is 5.08. The van der Waals surface area contributed by atoms with Gasteiger partial charge in [0.25, 0.3) is 0 Å². The molecule has 1 aromatic heterocycles. The fourth-order valence-electron chi connectivity index (χ4n) is 2.30. The molecule has 3 rings (SSSR count). The van der Waals surface area contributed by atoms with Gasteiger partial charge in [0.1, 0.15) is 11.5 Å². The van der Waals surface area contributed by atoms with Crippen LogP contribution in [0.4, 0.5) is 0 Å². The van der Waals surface area contributed by atoms with E-state index in [0.717, 1.165) is 24.6 Å². The quantitative estimate of drug-likeness (QED) is 0.573. The number of aryl methyl sites for hydroxylation is 1. The van der Waals surface area contributed by atoms with Crippen LogP contribution in [0.2, 0.25) is 0 Å². The van der Waals surface area contributed by atoms with Gasteiger partial charge in [-0.3, -0.25) is 0 Å². The van der Waals surface area contributed by atoms with Crippen LogP contribution in [0.5, 0.6) is 0 Å². The molecule has 0 bridgehead atoms. The largest absolute Gasteiger partial charge is 0.370 e. The van der Waals surface area contributed by atoms with Crippen molar-refractivity contribution in [3.05, 3.63) is 22.9 Å². The average Bonchev–Trinajstić information content (AvgIpc) is 2.69. The molecule has 0 spiro atoms. The first kappa shape index (κ1) is 7.91.